The molecular weight excluding hydrogens is 433 g/mol. The highest BCUT2D eigenvalue weighted by Gasteiger charge is 2.20. The first-order chi connectivity index (χ1) is 12.9. The minimum absolute atomic E-state index is 0. The third kappa shape index (κ3) is 5.84. The smallest absolute Gasteiger partial charge is 0.239 e. The number of aryl methyl sites for hydroxylation is 1. The van der Waals surface area contributed by atoms with Crippen molar-refractivity contribution in [2.45, 2.75) is 11.8 Å². The van der Waals surface area contributed by atoms with Crippen LogP contribution < -0.4 is 4.90 Å². The molecule has 28 heavy (non-hydrogen) atoms. The molecule has 150 valence electrons. The minimum atomic E-state index is 0. The van der Waals surface area contributed by atoms with Crippen LogP contribution in [0.1, 0.15) is 5.56 Å². The summed E-state index contributed by atoms with van der Waals surface area (Å²) in [4.78, 5) is 22.7. The molecule has 0 radical (unpaired) electrons. The van der Waals surface area contributed by atoms with Gasteiger partial charge in [-0.1, -0.05) is 35.1 Å². The Morgan fingerprint density at radius 3 is 2.50 bits per heavy atom. The van der Waals surface area contributed by atoms with E-state index in [0.717, 1.165) is 32.4 Å². The van der Waals surface area contributed by atoms with E-state index in [1.165, 1.54) is 11.8 Å². The molecule has 4 nitrogen and oxygen atoms in total. The number of halogens is 2. The van der Waals surface area contributed by atoms with Crippen molar-refractivity contribution in [1.82, 2.24) is 9.88 Å². The van der Waals surface area contributed by atoms with Gasteiger partial charge in [0.1, 0.15) is 0 Å². The van der Waals surface area contributed by atoms with Crippen molar-refractivity contribution in [3.05, 3.63) is 53.1 Å². The van der Waals surface area contributed by atoms with Gasteiger partial charge in [0.05, 0.1) is 16.0 Å². The van der Waals surface area contributed by atoms with E-state index in [4.69, 9.17) is 16.6 Å². The topological polar surface area (TPSA) is 36.4 Å². The fourth-order valence-corrected chi connectivity index (χ4v) is 4.56. The summed E-state index contributed by atoms with van der Waals surface area (Å²) in [7, 11) is 4.02. The molecule has 0 aliphatic rings. The molecule has 1 heterocycles. The Bertz CT molecular complexity index is 929. The van der Waals surface area contributed by atoms with Gasteiger partial charge in [-0.25, -0.2) is 4.98 Å². The molecule has 0 aliphatic heterocycles. The Labute approximate surface area is 185 Å². The van der Waals surface area contributed by atoms with E-state index in [2.05, 4.69) is 11.0 Å². The van der Waals surface area contributed by atoms with E-state index in [1.54, 1.807) is 11.3 Å². The molecule has 0 atom stereocenters. The Morgan fingerprint density at radius 2 is 1.86 bits per heavy atom. The molecule has 2 aromatic carbocycles. The molecule has 0 fully saturated rings. The zero-order chi connectivity index (χ0) is 19.4. The summed E-state index contributed by atoms with van der Waals surface area (Å²) in [5.41, 5.74) is 2.11. The summed E-state index contributed by atoms with van der Waals surface area (Å²) < 4.78 is 1.11. The summed E-state index contributed by atoms with van der Waals surface area (Å²) in [6.45, 7) is 3.45. The highest BCUT2D eigenvalue weighted by atomic mass is 35.5. The van der Waals surface area contributed by atoms with Crippen LogP contribution in [0.25, 0.3) is 10.2 Å². The van der Waals surface area contributed by atoms with Crippen LogP contribution in [0.4, 0.5) is 5.13 Å². The number of thioether (sulfide) groups is 1. The van der Waals surface area contributed by atoms with Gasteiger partial charge in [0, 0.05) is 23.0 Å². The van der Waals surface area contributed by atoms with Crippen molar-refractivity contribution >= 4 is 68.4 Å². The number of carbonyl (C=O) groups excluding carboxylic acids is 1. The van der Waals surface area contributed by atoms with Crippen LogP contribution in [0, 0.1) is 6.92 Å². The van der Waals surface area contributed by atoms with Gasteiger partial charge in [-0.2, -0.15) is 0 Å². The van der Waals surface area contributed by atoms with Crippen molar-refractivity contribution < 1.29 is 4.79 Å². The number of anilines is 1. The Kier molecular flexibility index (Phi) is 8.58. The Balaban J connectivity index is 0.00000280. The predicted molar refractivity (Wildman–Crippen MR) is 125 cm³/mol. The molecule has 0 bridgehead atoms. The number of amides is 1. The molecule has 0 aliphatic carbocycles. The SMILES string of the molecule is Cc1cccc2sc(N(CCN(C)C)C(=O)CSc3ccc(Cl)cc3)nc12.Cl. The van der Waals surface area contributed by atoms with E-state index in [0.29, 0.717) is 17.3 Å². The van der Waals surface area contributed by atoms with Crippen molar-refractivity contribution in [2.24, 2.45) is 0 Å². The second-order valence-electron chi connectivity index (χ2n) is 6.51. The number of aromatic nitrogens is 1. The van der Waals surface area contributed by atoms with Crippen molar-refractivity contribution in [2.75, 3.05) is 37.8 Å². The van der Waals surface area contributed by atoms with E-state index in [9.17, 15) is 4.79 Å². The van der Waals surface area contributed by atoms with E-state index in [1.807, 2.05) is 62.3 Å². The monoisotopic (exact) mass is 455 g/mol. The maximum atomic E-state index is 13.0. The molecular formula is C20H23Cl2N3OS2. The van der Waals surface area contributed by atoms with Gasteiger partial charge in [0.2, 0.25) is 5.91 Å². The third-order valence-corrected chi connectivity index (χ3v) is 6.38. The molecule has 1 amide bonds. The predicted octanol–water partition coefficient (Wildman–Crippen LogP) is 5.37. The van der Waals surface area contributed by atoms with Gasteiger partial charge < -0.3 is 4.90 Å². The number of hydrogen-bond donors (Lipinski definition) is 0. The van der Waals surface area contributed by atoms with Crippen molar-refractivity contribution in [3.8, 4) is 0 Å². The molecule has 0 unspecified atom stereocenters. The molecule has 3 rings (SSSR count). The van der Waals surface area contributed by atoms with Crippen molar-refractivity contribution in [3.63, 3.8) is 0 Å². The summed E-state index contributed by atoms with van der Waals surface area (Å²) in [6, 6.07) is 13.7. The number of nitrogens with zero attached hydrogens (tertiary/aromatic N) is 3. The van der Waals surface area contributed by atoms with Crippen LogP contribution in [0.15, 0.2) is 47.4 Å². The van der Waals surface area contributed by atoms with Crippen LogP contribution in [0.5, 0.6) is 0 Å². The third-order valence-electron chi connectivity index (χ3n) is 4.09. The number of fused-ring (bicyclic) bond motifs is 1. The van der Waals surface area contributed by atoms with E-state index in [-0.39, 0.29) is 18.3 Å². The number of likely N-dealkylation sites (N-methyl/N-ethyl adjacent to an activating group) is 1. The van der Waals surface area contributed by atoms with Crippen LogP contribution in [0.3, 0.4) is 0 Å². The molecule has 8 heteroatoms. The maximum absolute atomic E-state index is 13.0. The average molecular weight is 456 g/mol. The highest BCUT2D eigenvalue weighted by Crippen LogP contribution is 2.31. The largest absolute Gasteiger partial charge is 0.308 e. The van der Waals surface area contributed by atoms with Gasteiger partial charge in [-0.05, 0) is 56.9 Å². The number of rotatable bonds is 7. The minimum Gasteiger partial charge on any atom is -0.308 e. The second kappa shape index (κ2) is 10.5. The van der Waals surface area contributed by atoms with Crippen LogP contribution in [-0.2, 0) is 4.79 Å². The van der Waals surface area contributed by atoms with Gasteiger partial charge in [-0.3, -0.25) is 9.69 Å². The fourth-order valence-electron chi connectivity index (χ4n) is 2.57. The first-order valence-electron chi connectivity index (χ1n) is 8.63. The average Bonchev–Trinajstić information content (AvgIpc) is 3.06. The van der Waals surface area contributed by atoms with Gasteiger partial charge in [-0.15, -0.1) is 24.2 Å². The standard InChI is InChI=1S/C20H22ClN3OS2.ClH/c1-14-5-4-6-17-19(14)22-20(27-17)24(12-11-23(2)3)18(25)13-26-16-9-7-15(21)8-10-16;/h4-10H,11-13H2,1-3H3;1H. The molecule has 3 aromatic rings. The lowest BCUT2D eigenvalue weighted by molar-refractivity contribution is -0.116. The lowest BCUT2D eigenvalue weighted by Gasteiger charge is -2.21. The fraction of sp³-hybridized carbons (Fsp3) is 0.300. The highest BCUT2D eigenvalue weighted by molar-refractivity contribution is 8.00. The van der Waals surface area contributed by atoms with Gasteiger partial charge >= 0.3 is 0 Å². The van der Waals surface area contributed by atoms with Gasteiger partial charge in [0.25, 0.3) is 0 Å². The second-order valence-corrected chi connectivity index (χ2v) is 9.00. The number of carbonyl (C=O) groups is 1. The normalized spacial score (nSPS) is 10.9. The van der Waals surface area contributed by atoms with Crippen LogP contribution in [0.2, 0.25) is 5.02 Å². The summed E-state index contributed by atoms with van der Waals surface area (Å²) in [5, 5.41) is 1.46. The Hall–Kier alpha value is -1.31. The summed E-state index contributed by atoms with van der Waals surface area (Å²) >= 11 is 9.02. The van der Waals surface area contributed by atoms with Crippen LogP contribution in [-0.4, -0.2) is 48.7 Å². The number of hydrogen-bond acceptors (Lipinski definition) is 5. The molecule has 0 spiro atoms. The van der Waals surface area contributed by atoms with Gasteiger partial charge in [0.15, 0.2) is 5.13 Å². The van der Waals surface area contributed by atoms with Crippen molar-refractivity contribution in [1.29, 1.82) is 0 Å². The van der Waals surface area contributed by atoms with E-state index >= 15 is 0 Å². The lowest BCUT2D eigenvalue weighted by atomic mass is 10.2. The number of para-hydroxylation sites is 1. The lowest BCUT2D eigenvalue weighted by Crippen LogP contribution is -2.37. The molecule has 0 saturated carbocycles. The number of benzene rings is 2. The number of thiazole rings is 1. The molecule has 0 saturated heterocycles. The zero-order valence-corrected chi connectivity index (χ0v) is 19.2. The summed E-state index contributed by atoms with van der Waals surface area (Å²) in [5.74, 6) is 0.428. The maximum Gasteiger partial charge on any atom is 0.239 e. The molecule has 1 aromatic heterocycles. The van der Waals surface area contributed by atoms with E-state index < -0.39 is 0 Å². The van der Waals surface area contributed by atoms with Crippen LogP contribution >= 0.6 is 47.1 Å². The Morgan fingerprint density at radius 1 is 1.14 bits per heavy atom. The first-order valence-corrected chi connectivity index (χ1v) is 10.8. The zero-order valence-electron chi connectivity index (χ0n) is 16.0. The first kappa shape index (κ1) is 23.0. The summed E-state index contributed by atoms with van der Waals surface area (Å²) in [6.07, 6.45) is 0. The quantitative estimate of drug-likeness (QED) is 0.448. The molecule has 0 N–H and O–H groups in total.